The minimum absolute atomic E-state index is 0.145. The van der Waals surface area contributed by atoms with Gasteiger partial charge in [-0.2, -0.15) is 0 Å². The summed E-state index contributed by atoms with van der Waals surface area (Å²) in [5, 5.41) is 2.91. The molecule has 0 fully saturated rings. The van der Waals surface area contributed by atoms with Crippen molar-refractivity contribution in [3.05, 3.63) is 23.8 Å². The van der Waals surface area contributed by atoms with E-state index < -0.39 is 0 Å². The van der Waals surface area contributed by atoms with Gasteiger partial charge in [0.1, 0.15) is 5.75 Å². The highest BCUT2D eigenvalue weighted by Gasteiger charge is 2.00. The number of amides is 1. The number of aryl methyl sites for hydroxylation is 1. The molecule has 0 aliphatic heterocycles. The first-order chi connectivity index (χ1) is 6.63. The number of carbonyl (C=O) groups excluding carboxylic acids is 1. The minimum Gasteiger partial charge on any atom is -0.496 e. The van der Waals surface area contributed by atoms with Gasteiger partial charge in [0.25, 0.3) is 0 Å². The normalized spacial score (nSPS) is 9.57. The van der Waals surface area contributed by atoms with Gasteiger partial charge in [-0.25, -0.2) is 0 Å². The summed E-state index contributed by atoms with van der Waals surface area (Å²) in [6, 6.07) is 5.59. The van der Waals surface area contributed by atoms with Crippen molar-refractivity contribution in [2.45, 2.75) is 6.92 Å². The van der Waals surface area contributed by atoms with Crippen LogP contribution in [0.15, 0.2) is 18.2 Å². The number of nitrogens with two attached hydrogens (primary N) is 1. The zero-order valence-electron chi connectivity index (χ0n) is 8.33. The Morgan fingerprint density at radius 2 is 2.29 bits per heavy atom. The Labute approximate surface area is 83.1 Å². The van der Waals surface area contributed by atoms with E-state index in [-0.39, 0.29) is 12.5 Å². The zero-order valence-corrected chi connectivity index (χ0v) is 8.33. The summed E-state index contributed by atoms with van der Waals surface area (Å²) in [7, 11) is 1.62. The van der Waals surface area contributed by atoms with Crippen LogP contribution in [0.2, 0.25) is 0 Å². The highest BCUT2D eigenvalue weighted by molar-refractivity contribution is 5.78. The molecule has 1 rings (SSSR count). The topological polar surface area (TPSA) is 64.3 Å². The molecule has 0 aliphatic carbocycles. The molecule has 0 saturated carbocycles. The van der Waals surface area contributed by atoms with Crippen molar-refractivity contribution in [1.82, 2.24) is 0 Å². The van der Waals surface area contributed by atoms with Crippen LogP contribution in [0.25, 0.3) is 0 Å². The summed E-state index contributed by atoms with van der Waals surface area (Å²) in [6.45, 7) is 2.08. The lowest BCUT2D eigenvalue weighted by Crippen LogP contribution is -2.21. The first-order valence-electron chi connectivity index (χ1n) is 4.30. The summed E-state index contributed by atoms with van der Waals surface area (Å²) in [5.74, 6) is 0.452. The maximum atomic E-state index is 10.5. The number of anilines is 1. The van der Waals surface area contributed by atoms with Crippen LogP contribution in [-0.2, 0) is 4.79 Å². The fourth-order valence-corrected chi connectivity index (χ4v) is 1.18. The Kier molecular flexibility index (Phi) is 3.34. The predicted molar refractivity (Wildman–Crippen MR) is 55.4 cm³/mol. The second-order valence-electron chi connectivity index (χ2n) is 3.00. The van der Waals surface area contributed by atoms with Crippen LogP contribution >= 0.6 is 0 Å². The summed E-state index contributed by atoms with van der Waals surface area (Å²) < 4.78 is 5.11. The first-order valence-corrected chi connectivity index (χ1v) is 4.30. The lowest BCUT2D eigenvalue weighted by atomic mass is 10.2. The number of hydrogen-bond acceptors (Lipinski definition) is 3. The highest BCUT2D eigenvalue weighted by atomic mass is 16.5. The predicted octanol–water partition coefficient (Wildman–Crippen LogP) is 0.901. The number of methoxy groups -OCH3 is 1. The van der Waals surface area contributed by atoms with E-state index in [1.54, 1.807) is 7.11 Å². The molecule has 3 N–H and O–H groups in total. The quantitative estimate of drug-likeness (QED) is 0.748. The third kappa shape index (κ3) is 2.65. The zero-order chi connectivity index (χ0) is 10.6. The molecule has 0 unspecified atom stereocenters. The maximum Gasteiger partial charge on any atom is 0.236 e. The van der Waals surface area contributed by atoms with Gasteiger partial charge in [0.15, 0.2) is 0 Å². The molecule has 4 nitrogen and oxygen atoms in total. The van der Waals surface area contributed by atoms with Crippen LogP contribution in [0.1, 0.15) is 5.56 Å². The lowest BCUT2D eigenvalue weighted by molar-refractivity contribution is -0.116. The van der Waals surface area contributed by atoms with Crippen LogP contribution in [0.5, 0.6) is 5.75 Å². The Bertz CT molecular complexity index is 337. The van der Waals surface area contributed by atoms with Gasteiger partial charge in [-0.15, -0.1) is 0 Å². The van der Waals surface area contributed by atoms with E-state index >= 15 is 0 Å². The molecule has 0 saturated heterocycles. The van der Waals surface area contributed by atoms with E-state index in [4.69, 9.17) is 10.5 Å². The van der Waals surface area contributed by atoms with Crippen LogP contribution < -0.4 is 15.8 Å². The molecule has 0 heterocycles. The highest BCUT2D eigenvalue weighted by Crippen LogP contribution is 2.20. The van der Waals surface area contributed by atoms with Gasteiger partial charge < -0.3 is 15.8 Å². The van der Waals surface area contributed by atoms with Crippen LogP contribution in [0, 0.1) is 6.92 Å². The van der Waals surface area contributed by atoms with Crippen molar-refractivity contribution < 1.29 is 9.53 Å². The summed E-state index contributed by atoms with van der Waals surface area (Å²) >= 11 is 0. The van der Waals surface area contributed by atoms with Crippen molar-refractivity contribution in [2.75, 3.05) is 19.0 Å². The molecule has 14 heavy (non-hydrogen) atoms. The van der Waals surface area contributed by atoms with E-state index in [1.165, 1.54) is 0 Å². The number of ether oxygens (including phenoxy) is 1. The molecular weight excluding hydrogens is 180 g/mol. The molecule has 0 radical (unpaired) electrons. The minimum atomic E-state index is -0.376. The summed E-state index contributed by atoms with van der Waals surface area (Å²) in [6.07, 6.45) is 0. The molecular formula is C10H14N2O2. The van der Waals surface area contributed by atoms with E-state index in [1.807, 2.05) is 25.1 Å². The first kappa shape index (κ1) is 10.4. The van der Waals surface area contributed by atoms with Gasteiger partial charge in [0.05, 0.1) is 13.7 Å². The molecule has 0 atom stereocenters. The third-order valence-electron chi connectivity index (χ3n) is 1.86. The summed E-state index contributed by atoms with van der Waals surface area (Å²) in [4.78, 5) is 10.5. The third-order valence-corrected chi connectivity index (χ3v) is 1.86. The molecule has 0 spiro atoms. The summed E-state index contributed by atoms with van der Waals surface area (Å²) in [5.41, 5.74) is 6.89. The van der Waals surface area contributed by atoms with Crippen molar-refractivity contribution in [3.63, 3.8) is 0 Å². The van der Waals surface area contributed by atoms with Crippen molar-refractivity contribution >= 4 is 11.6 Å². The fraction of sp³-hybridized carbons (Fsp3) is 0.300. The van der Waals surface area contributed by atoms with Crippen molar-refractivity contribution in [2.24, 2.45) is 5.73 Å². The largest absolute Gasteiger partial charge is 0.496 e. The average Bonchev–Trinajstić information content (AvgIpc) is 2.15. The standard InChI is InChI=1S/C10H14N2O2/c1-7-5-8(12-6-10(11)13)3-4-9(7)14-2/h3-5,12H,6H2,1-2H3,(H2,11,13). The number of hydrogen-bond donors (Lipinski definition) is 2. The Hall–Kier alpha value is -1.71. The lowest BCUT2D eigenvalue weighted by Gasteiger charge is -2.08. The monoisotopic (exact) mass is 194 g/mol. The van der Waals surface area contributed by atoms with E-state index in [2.05, 4.69) is 5.32 Å². The molecule has 1 amide bonds. The molecule has 0 aliphatic rings. The van der Waals surface area contributed by atoms with Crippen molar-refractivity contribution in [1.29, 1.82) is 0 Å². The number of rotatable bonds is 4. The number of primary amides is 1. The number of nitrogens with one attached hydrogen (secondary N) is 1. The SMILES string of the molecule is COc1ccc(NCC(N)=O)cc1C. The van der Waals surface area contributed by atoms with Gasteiger partial charge >= 0.3 is 0 Å². The number of carbonyl (C=O) groups is 1. The Morgan fingerprint density at radius 1 is 1.57 bits per heavy atom. The molecule has 1 aromatic rings. The maximum absolute atomic E-state index is 10.5. The van der Waals surface area contributed by atoms with Gasteiger partial charge in [-0.05, 0) is 30.7 Å². The van der Waals surface area contributed by atoms with Crippen LogP contribution in [0.3, 0.4) is 0 Å². The molecule has 1 aromatic carbocycles. The average molecular weight is 194 g/mol. The van der Waals surface area contributed by atoms with Crippen molar-refractivity contribution in [3.8, 4) is 5.75 Å². The van der Waals surface area contributed by atoms with Crippen LogP contribution in [0.4, 0.5) is 5.69 Å². The van der Waals surface area contributed by atoms with Gasteiger partial charge in [0, 0.05) is 5.69 Å². The number of benzene rings is 1. The molecule has 0 bridgehead atoms. The Balaban J connectivity index is 2.71. The molecule has 4 heteroatoms. The van der Waals surface area contributed by atoms with Crippen LogP contribution in [-0.4, -0.2) is 19.6 Å². The molecule has 76 valence electrons. The second-order valence-corrected chi connectivity index (χ2v) is 3.00. The van der Waals surface area contributed by atoms with E-state index in [9.17, 15) is 4.79 Å². The smallest absolute Gasteiger partial charge is 0.236 e. The molecule has 0 aromatic heterocycles. The van der Waals surface area contributed by atoms with Gasteiger partial charge in [-0.3, -0.25) is 4.79 Å². The van der Waals surface area contributed by atoms with Gasteiger partial charge in [-0.1, -0.05) is 0 Å². The second kappa shape index (κ2) is 4.50. The van der Waals surface area contributed by atoms with E-state index in [0.717, 1.165) is 17.0 Å². The fourth-order valence-electron chi connectivity index (χ4n) is 1.18. The van der Waals surface area contributed by atoms with Gasteiger partial charge in [0.2, 0.25) is 5.91 Å². The van der Waals surface area contributed by atoms with E-state index in [0.29, 0.717) is 0 Å². The Morgan fingerprint density at radius 3 is 2.79 bits per heavy atom.